The van der Waals surface area contributed by atoms with E-state index in [9.17, 15) is 54.0 Å². The highest BCUT2D eigenvalue weighted by atomic mass is 32.2. The van der Waals surface area contributed by atoms with Gasteiger partial charge in [-0.2, -0.15) is 0 Å². The van der Waals surface area contributed by atoms with Crippen molar-refractivity contribution in [2.24, 2.45) is 0 Å². The van der Waals surface area contributed by atoms with E-state index in [1.807, 2.05) is 0 Å². The molecular weight excluding hydrogens is 1010 g/mol. The molecule has 68 heavy (non-hydrogen) atoms. The number of sulfonamides is 3. The summed E-state index contributed by atoms with van der Waals surface area (Å²) in [6.45, 7) is 13.7. The van der Waals surface area contributed by atoms with Gasteiger partial charge in [-0.05, 0) is 52.4 Å². The minimum Gasteiger partial charge on any atom is -0.463 e. The van der Waals surface area contributed by atoms with Gasteiger partial charge < -0.3 is 28.4 Å². The Kier molecular flexibility index (Phi) is 16.5. The molecular formula is C41H55N3O18S6. The van der Waals surface area contributed by atoms with Gasteiger partial charge in [0.05, 0.1) is 53.7 Å². The standard InChI is InChI=1S/2C14H19NO6S2.C13H17NO6S2/c2*1-7(2)14(17)20-5-3-4-10(16)21-12-8-6-9-13(22-8)11(12)15-23(9,18)19;1-2-9(15)19-5-3-4-10(16)20-12-7-6-8-13(21-7)11(12)14-22(8,17)18/h2*8-9,11-13,15H,1,3-6H2,2H3;2,7-8,11-14H,1,3-6H2. The average molecular weight is 1070 g/mol. The van der Waals surface area contributed by atoms with Crippen molar-refractivity contribution in [2.45, 2.75) is 155 Å². The van der Waals surface area contributed by atoms with Gasteiger partial charge in [-0.25, -0.2) is 53.8 Å². The third-order valence-corrected chi connectivity index (χ3v) is 24.2. The molecule has 0 aliphatic carbocycles. The molecule has 0 aromatic heterocycles. The molecule has 3 N–H and O–H groups in total. The second-order valence-electron chi connectivity index (χ2n) is 17.7. The largest absolute Gasteiger partial charge is 0.463 e. The van der Waals surface area contributed by atoms with Gasteiger partial charge in [0.2, 0.25) is 30.1 Å². The quantitative estimate of drug-likeness (QED) is 0.0736. The normalized spacial score (nSPS) is 36.3. The molecule has 0 amide bonds. The van der Waals surface area contributed by atoms with Gasteiger partial charge in [-0.3, -0.25) is 14.4 Å². The molecule has 15 unspecified atom stereocenters. The highest BCUT2D eigenvalue weighted by Gasteiger charge is 2.67. The van der Waals surface area contributed by atoms with Crippen LogP contribution in [0.4, 0.5) is 0 Å². The van der Waals surface area contributed by atoms with Crippen molar-refractivity contribution >= 4 is 101 Å². The number of carbonyl (C=O) groups is 6. The molecule has 9 aliphatic rings. The number of ether oxygens (including phenoxy) is 6. The van der Waals surface area contributed by atoms with Crippen LogP contribution in [-0.2, 0) is 87.3 Å². The van der Waals surface area contributed by atoms with Gasteiger partial charge in [0.1, 0.15) is 18.3 Å². The first-order valence-corrected chi connectivity index (χ1v) is 29.5. The number of nitrogens with one attached hydrogen (secondary N) is 3. The Balaban J connectivity index is 0.000000151. The van der Waals surface area contributed by atoms with Crippen LogP contribution in [-0.4, -0.2) is 165 Å². The van der Waals surface area contributed by atoms with Crippen LogP contribution >= 0.6 is 35.3 Å². The Bertz CT molecular complexity index is 2310. The Morgan fingerprint density at radius 2 is 0.824 bits per heavy atom. The molecule has 0 radical (unpaired) electrons. The van der Waals surface area contributed by atoms with Crippen molar-refractivity contribution in [1.82, 2.24) is 14.2 Å². The number of thioether (sulfide) groups is 3. The molecule has 9 aliphatic heterocycles. The van der Waals surface area contributed by atoms with Gasteiger partial charge >= 0.3 is 35.8 Å². The molecule has 0 aromatic rings. The summed E-state index contributed by atoms with van der Waals surface area (Å²) in [6.07, 6.45) is 2.97. The van der Waals surface area contributed by atoms with Crippen LogP contribution in [0.2, 0.25) is 0 Å². The van der Waals surface area contributed by atoms with Crippen molar-refractivity contribution in [1.29, 1.82) is 0 Å². The molecule has 27 heteroatoms. The fraction of sp³-hybridized carbons (Fsp3) is 0.707. The van der Waals surface area contributed by atoms with E-state index >= 15 is 0 Å². The van der Waals surface area contributed by atoms with E-state index < -0.39 is 84.2 Å². The van der Waals surface area contributed by atoms with Crippen molar-refractivity contribution < 1.29 is 82.4 Å². The summed E-state index contributed by atoms with van der Waals surface area (Å²) in [4.78, 5) is 68.9. The van der Waals surface area contributed by atoms with E-state index in [2.05, 4.69) is 33.9 Å². The minimum absolute atomic E-state index is 0.0126. The molecule has 21 nitrogen and oxygen atoms in total. The maximum atomic E-state index is 11.9. The monoisotopic (exact) mass is 1070 g/mol. The fourth-order valence-electron chi connectivity index (χ4n) is 9.64. The van der Waals surface area contributed by atoms with Gasteiger partial charge in [-0.1, -0.05) is 19.7 Å². The van der Waals surface area contributed by atoms with Crippen LogP contribution in [0.25, 0.3) is 0 Å². The van der Waals surface area contributed by atoms with E-state index in [-0.39, 0.29) is 104 Å². The maximum Gasteiger partial charge on any atom is 0.333 e. The predicted octanol–water partition coefficient (Wildman–Crippen LogP) is 0.677. The second-order valence-corrected chi connectivity index (χ2v) is 27.7. The molecule has 9 fully saturated rings. The highest BCUT2D eigenvalue weighted by Crippen LogP contribution is 2.55. The Morgan fingerprint density at radius 3 is 1.10 bits per heavy atom. The number of esters is 6. The third-order valence-electron chi connectivity index (χ3n) is 12.8. The zero-order chi connectivity index (χ0) is 49.5. The summed E-state index contributed by atoms with van der Waals surface area (Å²) in [5.41, 5.74) is 0.629. The molecule has 9 rings (SSSR count). The van der Waals surface area contributed by atoms with Crippen LogP contribution in [0.3, 0.4) is 0 Å². The van der Waals surface area contributed by atoms with Crippen LogP contribution in [0, 0.1) is 0 Å². The Hall–Kier alpha value is -3.18. The van der Waals surface area contributed by atoms with Crippen LogP contribution in [0.15, 0.2) is 37.0 Å². The fourth-order valence-corrected chi connectivity index (χ4v) is 23.0. The minimum atomic E-state index is -3.27. The van der Waals surface area contributed by atoms with E-state index in [0.717, 1.165) is 6.08 Å². The van der Waals surface area contributed by atoms with Crippen LogP contribution in [0.1, 0.15) is 71.6 Å². The Labute approximate surface area is 407 Å². The summed E-state index contributed by atoms with van der Waals surface area (Å²) in [6, 6.07) is -0.917. The lowest BCUT2D eigenvalue weighted by Crippen LogP contribution is -2.45. The summed E-state index contributed by atoms with van der Waals surface area (Å²) in [5.74, 6) is -2.65. The zero-order valence-electron chi connectivity index (χ0n) is 37.1. The summed E-state index contributed by atoms with van der Waals surface area (Å²) < 4.78 is 110. The van der Waals surface area contributed by atoms with Crippen LogP contribution < -0.4 is 14.2 Å². The van der Waals surface area contributed by atoms with E-state index in [1.54, 1.807) is 49.1 Å². The first-order chi connectivity index (χ1) is 32.0. The van der Waals surface area contributed by atoms with E-state index in [4.69, 9.17) is 28.4 Å². The maximum absolute atomic E-state index is 11.9. The van der Waals surface area contributed by atoms with Crippen molar-refractivity contribution in [3.05, 3.63) is 37.0 Å². The molecule has 0 saturated carbocycles. The van der Waals surface area contributed by atoms with Gasteiger partial charge in [0, 0.05) is 68.0 Å². The zero-order valence-corrected chi connectivity index (χ0v) is 42.0. The van der Waals surface area contributed by atoms with E-state index in [1.165, 1.54) is 0 Å². The first kappa shape index (κ1) is 52.6. The predicted molar refractivity (Wildman–Crippen MR) is 248 cm³/mol. The summed E-state index contributed by atoms with van der Waals surface area (Å²) in [5, 5.41) is -0.943. The number of carbonyl (C=O) groups excluding carboxylic acids is 6. The van der Waals surface area contributed by atoms with Crippen LogP contribution in [0.5, 0.6) is 0 Å². The van der Waals surface area contributed by atoms with Crippen molar-refractivity contribution in [2.75, 3.05) is 19.8 Å². The number of hydrogen-bond donors (Lipinski definition) is 3. The lowest BCUT2D eigenvalue weighted by atomic mass is 9.93. The Morgan fingerprint density at radius 1 is 0.529 bits per heavy atom. The van der Waals surface area contributed by atoms with Gasteiger partial charge in [-0.15, -0.1) is 35.3 Å². The molecule has 9 saturated heterocycles. The SMILES string of the molecule is C=C(C)C(=O)OCCCC(=O)OC1C2CC3C(S2)C1NS3(=O)=O.C=C(C)C(=O)OCCCC(=O)OC1C2CC3C(S2)C1NS3(=O)=O.C=CC(=O)OCCCC(=O)OC1C2CC3C(S2)C1NS3(=O)=O. The smallest absolute Gasteiger partial charge is 0.333 e. The summed E-state index contributed by atoms with van der Waals surface area (Å²) in [7, 11) is -9.80. The van der Waals surface area contributed by atoms with Crippen molar-refractivity contribution in [3.63, 3.8) is 0 Å². The molecule has 15 atom stereocenters. The lowest BCUT2D eigenvalue weighted by Gasteiger charge is -2.24. The van der Waals surface area contributed by atoms with E-state index in [0.29, 0.717) is 49.7 Å². The molecule has 378 valence electrons. The average Bonchev–Trinajstić information content (AvgIpc) is 4.16. The molecule has 9 heterocycles. The molecule has 0 spiro atoms. The third kappa shape index (κ3) is 11.4. The molecule has 0 aromatic carbocycles. The highest BCUT2D eigenvalue weighted by molar-refractivity contribution is 8.04. The summed E-state index contributed by atoms with van der Waals surface area (Å²) >= 11 is 4.80. The topological polar surface area (TPSA) is 296 Å². The van der Waals surface area contributed by atoms with Gasteiger partial charge in [0.25, 0.3) is 0 Å². The number of fused-ring (bicyclic) bond motifs is 3. The number of rotatable bonds is 18. The lowest BCUT2D eigenvalue weighted by molar-refractivity contribution is -0.152. The first-order valence-electron chi connectivity index (χ1n) is 22.0. The molecule has 6 bridgehead atoms. The van der Waals surface area contributed by atoms with Crippen molar-refractivity contribution in [3.8, 4) is 0 Å². The van der Waals surface area contributed by atoms with Gasteiger partial charge in [0.15, 0.2) is 0 Å². The second kappa shape index (κ2) is 21.3. The number of hydrogen-bond acceptors (Lipinski definition) is 21.